The summed E-state index contributed by atoms with van der Waals surface area (Å²) in [5, 5.41) is 3.23. The second kappa shape index (κ2) is 6.50. The molecule has 2 unspecified atom stereocenters. The van der Waals surface area contributed by atoms with E-state index in [9.17, 15) is 4.79 Å². The SMILES string of the molecule is COC1CNC(C(=O)N(C)CC2CCOCC2)C1. The van der Waals surface area contributed by atoms with Crippen LogP contribution in [0.2, 0.25) is 0 Å². The highest BCUT2D eigenvalue weighted by molar-refractivity contribution is 5.82. The average Bonchev–Trinajstić information content (AvgIpc) is 2.87. The summed E-state index contributed by atoms with van der Waals surface area (Å²) in [5.41, 5.74) is 0. The fraction of sp³-hybridized carbons (Fsp3) is 0.923. The minimum Gasteiger partial charge on any atom is -0.381 e. The van der Waals surface area contributed by atoms with Crippen LogP contribution in [0.1, 0.15) is 19.3 Å². The average molecular weight is 256 g/mol. The smallest absolute Gasteiger partial charge is 0.239 e. The molecule has 0 spiro atoms. The van der Waals surface area contributed by atoms with Crippen molar-refractivity contribution in [1.82, 2.24) is 10.2 Å². The molecule has 0 aromatic rings. The summed E-state index contributed by atoms with van der Waals surface area (Å²) in [6.45, 7) is 3.29. The van der Waals surface area contributed by atoms with Gasteiger partial charge < -0.3 is 19.7 Å². The molecule has 1 amide bonds. The van der Waals surface area contributed by atoms with Gasteiger partial charge in [0.05, 0.1) is 12.1 Å². The number of carbonyl (C=O) groups excluding carboxylic acids is 1. The minimum absolute atomic E-state index is 0.0696. The van der Waals surface area contributed by atoms with E-state index in [-0.39, 0.29) is 18.1 Å². The number of hydrogen-bond acceptors (Lipinski definition) is 4. The van der Waals surface area contributed by atoms with Gasteiger partial charge in [0.25, 0.3) is 0 Å². The molecule has 2 heterocycles. The maximum atomic E-state index is 12.3. The lowest BCUT2D eigenvalue weighted by atomic mass is 9.99. The zero-order chi connectivity index (χ0) is 13.0. The Hall–Kier alpha value is -0.650. The standard InChI is InChI=1S/C13H24N2O3/c1-15(9-10-3-5-18-6-4-10)13(16)12-7-11(17-2)8-14-12/h10-12,14H,3-9H2,1-2H3. The van der Waals surface area contributed by atoms with Crippen molar-refractivity contribution < 1.29 is 14.3 Å². The highest BCUT2D eigenvalue weighted by Gasteiger charge is 2.31. The Balaban J connectivity index is 1.77. The molecule has 5 heteroatoms. The molecule has 2 aliphatic heterocycles. The van der Waals surface area contributed by atoms with E-state index in [1.807, 2.05) is 11.9 Å². The molecule has 0 aromatic heterocycles. The van der Waals surface area contributed by atoms with Crippen LogP contribution in [0.25, 0.3) is 0 Å². The topological polar surface area (TPSA) is 50.8 Å². The van der Waals surface area contributed by atoms with E-state index in [0.717, 1.165) is 45.6 Å². The van der Waals surface area contributed by atoms with E-state index in [0.29, 0.717) is 5.92 Å². The third-order valence-corrected chi connectivity index (χ3v) is 3.97. The van der Waals surface area contributed by atoms with E-state index in [1.54, 1.807) is 7.11 Å². The lowest BCUT2D eigenvalue weighted by Gasteiger charge is -2.28. The van der Waals surface area contributed by atoms with Gasteiger partial charge >= 0.3 is 0 Å². The number of nitrogens with one attached hydrogen (secondary N) is 1. The maximum absolute atomic E-state index is 12.3. The second-order valence-corrected chi connectivity index (χ2v) is 5.33. The van der Waals surface area contributed by atoms with Gasteiger partial charge in [-0.3, -0.25) is 4.79 Å². The third kappa shape index (κ3) is 3.43. The summed E-state index contributed by atoms with van der Waals surface area (Å²) in [4.78, 5) is 14.1. The first-order chi connectivity index (χ1) is 8.70. The van der Waals surface area contributed by atoms with Crippen molar-refractivity contribution in [3.05, 3.63) is 0 Å². The summed E-state index contributed by atoms with van der Waals surface area (Å²) in [6.07, 6.45) is 3.09. The first-order valence-corrected chi connectivity index (χ1v) is 6.79. The van der Waals surface area contributed by atoms with E-state index in [2.05, 4.69) is 5.32 Å². The number of hydrogen-bond donors (Lipinski definition) is 1. The summed E-state index contributed by atoms with van der Waals surface area (Å²) in [7, 11) is 3.60. The van der Waals surface area contributed by atoms with Gasteiger partial charge in [-0.2, -0.15) is 0 Å². The van der Waals surface area contributed by atoms with Crippen LogP contribution in [-0.2, 0) is 14.3 Å². The van der Waals surface area contributed by atoms with Crippen LogP contribution < -0.4 is 5.32 Å². The van der Waals surface area contributed by atoms with Crippen LogP contribution in [0.15, 0.2) is 0 Å². The van der Waals surface area contributed by atoms with E-state index in [1.165, 1.54) is 0 Å². The van der Waals surface area contributed by atoms with Gasteiger partial charge in [-0.15, -0.1) is 0 Å². The molecule has 2 atom stereocenters. The Kier molecular flexibility index (Phi) is 4.97. The van der Waals surface area contributed by atoms with Crippen molar-refractivity contribution in [2.45, 2.75) is 31.4 Å². The largest absolute Gasteiger partial charge is 0.381 e. The molecule has 18 heavy (non-hydrogen) atoms. The van der Waals surface area contributed by atoms with Crippen LogP contribution >= 0.6 is 0 Å². The van der Waals surface area contributed by atoms with Crippen molar-refractivity contribution in [2.75, 3.05) is 40.5 Å². The second-order valence-electron chi connectivity index (χ2n) is 5.33. The Labute approximate surface area is 109 Å². The molecule has 2 saturated heterocycles. The predicted octanol–water partition coefficient (Wildman–Crippen LogP) is 0.248. The van der Waals surface area contributed by atoms with Crippen molar-refractivity contribution in [2.24, 2.45) is 5.92 Å². The highest BCUT2D eigenvalue weighted by atomic mass is 16.5. The molecule has 0 aromatic carbocycles. The number of nitrogens with zero attached hydrogens (tertiary/aromatic N) is 1. The number of rotatable bonds is 4. The quantitative estimate of drug-likeness (QED) is 0.783. The number of likely N-dealkylation sites (N-methyl/N-ethyl adjacent to an activating group) is 1. The van der Waals surface area contributed by atoms with Crippen molar-refractivity contribution in [3.63, 3.8) is 0 Å². The molecule has 2 fully saturated rings. The molecule has 0 saturated carbocycles. The molecule has 0 radical (unpaired) electrons. The Bertz CT molecular complexity index is 279. The van der Waals surface area contributed by atoms with Gasteiger partial charge in [-0.05, 0) is 25.2 Å². The predicted molar refractivity (Wildman–Crippen MR) is 68.4 cm³/mol. The Morgan fingerprint density at radius 3 is 2.78 bits per heavy atom. The fourth-order valence-electron chi connectivity index (χ4n) is 2.74. The van der Waals surface area contributed by atoms with E-state index >= 15 is 0 Å². The third-order valence-electron chi connectivity index (χ3n) is 3.97. The molecular formula is C13H24N2O3. The lowest BCUT2D eigenvalue weighted by Crippen LogP contribution is -2.44. The molecule has 1 N–H and O–H groups in total. The van der Waals surface area contributed by atoms with Gasteiger partial charge in [-0.1, -0.05) is 0 Å². The lowest BCUT2D eigenvalue weighted by molar-refractivity contribution is -0.132. The van der Waals surface area contributed by atoms with Crippen LogP contribution in [0.5, 0.6) is 0 Å². The molecule has 104 valence electrons. The monoisotopic (exact) mass is 256 g/mol. The zero-order valence-corrected chi connectivity index (χ0v) is 11.4. The first kappa shape index (κ1) is 13.8. The van der Waals surface area contributed by atoms with Crippen molar-refractivity contribution in [3.8, 4) is 0 Å². The van der Waals surface area contributed by atoms with E-state index in [4.69, 9.17) is 9.47 Å². The van der Waals surface area contributed by atoms with Crippen molar-refractivity contribution in [1.29, 1.82) is 0 Å². The Morgan fingerprint density at radius 1 is 1.44 bits per heavy atom. The fourth-order valence-corrected chi connectivity index (χ4v) is 2.74. The molecule has 2 aliphatic rings. The van der Waals surface area contributed by atoms with Gasteiger partial charge in [0.15, 0.2) is 0 Å². The Morgan fingerprint density at radius 2 is 2.17 bits per heavy atom. The molecule has 0 aliphatic carbocycles. The normalized spacial score (nSPS) is 29.4. The molecule has 5 nitrogen and oxygen atoms in total. The zero-order valence-electron chi connectivity index (χ0n) is 11.4. The van der Waals surface area contributed by atoms with Crippen LogP contribution in [0, 0.1) is 5.92 Å². The van der Waals surface area contributed by atoms with Gasteiger partial charge in [0.2, 0.25) is 5.91 Å². The van der Waals surface area contributed by atoms with Gasteiger partial charge in [0, 0.05) is 40.5 Å². The number of carbonyl (C=O) groups is 1. The van der Waals surface area contributed by atoms with E-state index < -0.39 is 0 Å². The number of amides is 1. The van der Waals surface area contributed by atoms with Gasteiger partial charge in [-0.25, -0.2) is 0 Å². The van der Waals surface area contributed by atoms with Crippen LogP contribution in [-0.4, -0.2) is 63.4 Å². The number of ether oxygens (including phenoxy) is 2. The van der Waals surface area contributed by atoms with Crippen LogP contribution in [0.4, 0.5) is 0 Å². The molecular weight excluding hydrogens is 232 g/mol. The highest BCUT2D eigenvalue weighted by Crippen LogP contribution is 2.17. The maximum Gasteiger partial charge on any atom is 0.239 e. The van der Waals surface area contributed by atoms with Crippen LogP contribution in [0.3, 0.4) is 0 Å². The van der Waals surface area contributed by atoms with Crippen molar-refractivity contribution >= 4 is 5.91 Å². The summed E-state index contributed by atoms with van der Waals surface area (Å²) < 4.78 is 10.6. The molecule has 2 rings (SSSR count). The molecule has 0 bridgehead atoms. The number of methoxy groups -OCH3 is 1. The summed E-state index contributed by atoms with van der Waals surface area (Å²) in [6, 6.07) is -0.0696. The summed E-state index contributed by atoms with van der Waals surface area (Å²) in [5.74, 6) is 0.786. The minimum atomic E-state index is -0.0696. The van der Waals surface area contributed by atoms with Gasteiger partial charge in [0.1, 0.15) is 0 Å². The first-order valence-electron chi connectivity index (χ1n) is 6.79. The summed E-state index contributed by atoms with van der Waals surface area (Å²) >= 11 is 0.